The molecule has 0 amide bonds. The lowest BCUT2D eigenvalue weighted by Crippen LogP contribution is -2.33. The average molecular weight is 294 g/mol. The summed E-state index contributed by atoms with van der Waals surface area (Å²) in [7, 11) is 1.35. The lowest BCUT2D eigenvalue weighted by atomic mass is 9.73. The molecule has 7 atom stereocenters. The van der Waals surface area contributed by atoms with E-state index in [4.69, 9.17) is 4.74 Å². The molecule has 4 heteroatoms. The smallest absolute Gasteiger partial charge is 0.309 e. The highest BCUT2D eigenvalue weighted by atomic mass is 16.5. The van der Waals surface area contributed by atoms with Crippen LogP contribution in [-0.2, 0) is 19.1 Å². The third-order valence-corrected chi connectivity index (χ3v) is 6.47. The normalized spacial score (nSPS) is 43.7. The monoisotopic (exact) mass is 294 g/mol. The fourth-order valence-corrected chi connectivity index (χ4v) is 5.39. The molecular formula is C17H26O4. The van der Waals surface area contributed by atoms with E-state index in [1.165, 1.54) is 20.0 Å². The maximum absolute atomic E-state index is 12.3. The highest BCUT2D eigenvalue weighted by Gasteiger charge is 2.59. The fourth-order valence-electron chi connectivity index (χ4n) is 5.39. The van der Waals surface area contributed by atoms with Crippen molar-refractivity contribution in [1.29, 1.82) is 0 Å². The lowest BCUT2D eigenvalue weighted by Gasteiger charge is -2.32. The Morgan fingerprint density at radius 3 is 2.57 bits per heavy atom. The molecular weight excluding hydrogens is 268 g/mol. The summed E-state index contributed by atoms with van der Waals surface area (Å²) in [5, 5.41) is 0. The molecule has 21 heavy (non-hydrogen) atoms. The minimum absolute atomic E-state index is 0.0710. The molecule has 0 aromatic heterocycles. The number of rotatable bonds is 4. The largest absolute Gasteiger partial charge is 0.469 e. The molecule has 7 unspecified atom stereocenters. The van der Waals surface area contributed by atoms with Crippen molar-refractivity contribution < 1.29 is 19.1 Å². The number of carbonyl (C=O) groups excluding carboxylic acids is 2. The first-order valence-electron chi connectivity index (χ1n) is 8.26. The topological polar surface area (TPSA) is 52.6 Å². The van der Waals surface area contributed by atoms with E-state index in [1.807, 2.05) is 0 Å². The number of fused-ring (bicyclic) bond motifs is 5. The Morgan fingerprint density at radius 1 is 1.10 bits per heavy atom. The van der Waals surface area contributed by atoms with Gasteiger partial charge in [0.15, 0.2) is 0 Å². The molecule has 0 radical (unpaired) electrons. The minimum Gasteiger partial charge on any atom is -0.469 e. The molecule has 3 saturated carbocycles. The average Bonchev–Trinajstić information content (AvgIpc) is 3.11. The number of ether oxygens (including phenoxy) is 2. The van der Waals surface area contributed by atoms with Crippen LogP contribution in [0.3, 0.4) is 0 Å². The molecule has 0 heterocycles. The zero-order valence-corrected chi connectivity index (χ0v) is 13.2. The van der Waals surface area contributed by atoms with Crippen molar-refractivity contribution in [3.63, 3.8) is 0 Å². The third-order valence-electron chi connectivity index (χ3n) is 6.47. The first-order valence-corrected chi connectivity index (χ1v) is 8.26. The quantitative estimate of drug-likeness (QED) is 0.748. The van der Waals surface area contributed by atoms with E-state index in [-0.39, 0.29) is 30.9 Å². The molecule has 0 aliphatic heterocycles. The molecule has 3 rings (SSSR count). The van der Waals surface area contributed by atoms with Gasteiger partial charge in [-0.25, -0.2) is 0 Å². The van der Waals surface area contributed by atoms with Crippen LogP contribution in [-0.4, -0.2) is 25.7 Å². The number of esters is 2. The Balaban J connectivity index is 1.56. The molecule has 0 N–H and O–H groups in total. The Hall–Kier alpha value is -1.06. The molecule has 4 nitrogen and oxygen atoms in total. The van der Waals surface area contributed by atoms with Crippen LogP contribution in [0.5, 0.6) is 0 Å². The van der Waals surface area contributed by atoms with Crippen molar-refractivity contribution >= 4 is 11.9 Å². The molecule has 3 aliphatic carbocycles. The Kier molecular flexibility index (Phi) is 3.98. The van der Waals surface area contributed by atoms with Crippen LogP contribution in [0.15, 0.2) is 0 Å². The molecule has 3 aliphatic rings. The fraction of sp³-hybridized carbons (Fsp3) is 0.882. The molecule has 0 saturated heterocycles. The standard InChI is InChI=1S/C17H26O4/c1-9-6-12-11-7-13(16(12)10(9)2)14(8-11)17(19)21-5-4-15(18)20-3/h9-14,16H,4-8H2,1-3H3. The predicted molar refractivity (Wildman–Crippen MR) is 77.2 cm³/mol. The van der Waals surface area contributed by atoms with E-state index in [0.29, 0.717) is 5.92 Å². The Bertz CT molecular complexity index is 433. The maximum Gasteiger partial charge on any atom is 0.309 e. The molecule has 0 aromatic carbocycles. The van der Waals surface area contributed by atoms with Gasteiger partial charge in [0, 0.05) is 0 Å². The Morgan fingerprint density at radius 2 is 1.86 bits per heavy atom. The van der Waals surface area contributed by atoms with Gasteiger partial charge in [0.05, 0.1) is 19.4 Å². The van der Waals surface area contributed by atoms with Gasteiger partial charge < -0.3 is 9.47 Å². The van der Waals surface area contributed by atoms with Crippen LogP contribution in [0, 0.1) is 41.4 Å². The van der Waals surface area contributed by atoms with Gasteiger partial charge in [0.1, 0.15) is 6.61 Å². The lowest BCUT2D eigenvalue weighted by molar-refractivity contribution is -0.154. The van der Waals surface area contributed by atoms with Crippen LogP contribution in [0.1, 0.15) is 39.5 Å². The summed E-state index contributed by atoms with van der Waals surface area (Å²) in [6.45, 7) is 4.86. The van der Waals surface area contributed by atoms with Crippen molar-refractivity contribution in [3.05, 3.63) is 0 Å². The van der Waals surface area contributed by atoms with Crippen molar-refractivity contribution in [2.75, 3.05) is 13.7 Å². The van der Waals surface area contributed by atoms with Gasteiger partial charge >= 0.3 is 11.9 Å². The summed E-state index contributed by atoms with van der Waals surface area (Å²) in [6, 6.07) is 0. The van der Waals surface area contributed by atoms with E-state index in [0.717, 1.165) is 36.0 Å². The van der Waals surface area contributed by atoms with Crippen molar-refractivity contribution in [3.8, 4) is 0 Å². The van der Waals surface area contributed by atoms with Crippen LogP contribution < -0.4 is 0 Å². The van der Waals surface area contributed by atoms with E-state index < -0.39 is 0 Å². The molecule has 0 aromatic rings. The molecule has 2 bridgehead atoms. The second-order valence-electron chi connectivity index (χ2n) is 7.31. The molecule has 118 valence electrons. The van der Waals surface area contributed by atoms with E-state index in [2.05, 4.69) is 18.6 Å². The summed E-state index contributed by atoms with van der Waals surface area (Å²) < 4.78 is 9.88. The number of methoxy groups -OCH3 is 1. The van der Waals surface area contributed by atoms with Crippen LogP contribution in [0.2, 0.25) is 0 Å². The van der Waals surface area contributed by atoms with Gasteiger partial charge in [0.25, 0.3) is 0 Å². The zero-order chi connectivity index (χ0) is 15.1. The van der Waals surface area contributed by atoms with E-state index >= 15 is 0 Å². The highest BCUT2D eigenvalue weighted by molar-refractivity contribution is 5.74. The van der Waals surface area contributed by atoms with Gasteiger partial charge in [-0.1, -0.05) is 13.8 Å². The van der Waals surface area contributed by atoms with Crippen molar-refractivity contribution in [1.82, 2.24) is 0 Å². The third kappa shape index (κ3) is 2.47. The van der Waals surface area contributed by atoms with Gasteiger partial charge in [-0.15, -0.1) is 0 Å². The van der Waals surface area contributed by atoms with E-state index in [9.17, 15) is 9.59 Å². The van der Waals surface area contributed by atoms with E-state index in [1.54, 1.807) is 0 Å². The minimum atomic E-state index is -0.325. The molecule has 0 spiro atoms. The maximum atomic E-state index is 12.3. The number of hydrogen-bond acceptors (Lipinski definition) is 4. The number of hydrogen-bond donors (Lipinski definition) is 0. The van der Waals surface area contributed by atoms with Gasteiger partial charge in [-0.3, -0.25) is 9.59 Å². The van der Waals surface area contributed by atoms with Gasteiger partial charge in [-0.05, 0) is 54.8 Å². The number of carbonyl (C=O) groups is 2. The van der Waals surface area contributed by atoms with Crippen molar-refractivity contribution in [2.45, 2.75) is 39.5 Å². The summed E-state index contributed by atoms with van der Waals surface area (Å²) in [4.78, 5) is 23.4. The second kappa shape index (κ2) is 5.62. The van der Waals surface area contributed by atoms with Crippen LogP contribution in [0.4, 0.5) is 0 Å². The Labute approximate surface area is 126 Å². The zero-order valence-electron chi connectivity index (χ0n) is 13.2. The SMILES string of the molecule is COC(=O)CCOC(=O)C1CC2CC1C1C(C)C(C)CC21. The first-order chi connectivity index (χ1) is 10.0. The van der Waals surface area contributed by atoms with Crippen molar-refractivity contribution in [2.24, 2.45) is 41.4 Å². The van der Waals surface area contributed by atoms with Gasteiger partial charge in [-0.2, -0.15) is 0 Å². The summed E-state index contributed by atoms with van der Waals surface area (Å²) in [5.74, 6) is 3.99. The second-order valence-corrected chi connectivity index (χ2v) is 7.31. The summed E-state index contributed by atoms with van der Waals surface area (Å²) in [5.41, 5.74) is 0. The predicted octanol–water partition coefficient (Wildman–Crippen LogP) is 2.66. The summed E-state index contributed by atoms with van der Waals surface area (Å²) in [6.07, 6.45) is 3.71. The van der Waals surface area contributed by atoms with Crippen LogP contribution >= 0.6 is 0 Å². The van der Waals surface area contributed by atoms with Gasteiger partial charge in [0.2, 0.25) is 0 Å². The first kappa shape index (κ1) is 14.9. The highest BCUT2D eigenvalue weighted by Crippen LogP contribution is 2.64. The van der Waals surface area contributed by atoms with Crippen LogP contribution in [0.25, 0.3) is 0 Å². The molecule has 3 fully saturated rings. The summed E-state index contributed by atoms with van der Waals surface area (Å²) >= 11 is 0.